The van der Waals surface area contributed by atoms with Gasteiger partial charge in [0.1, 0.15) is 5.69 Å². The Balaban J connectivity index is 1.63. The van der Waals surface area contributed by atoms with E-state index in [0.29, 0.717) is 16.7 Å². The van der Waals surface area contributed by atoms with Gasteiger partial charge in [-0.3, -0.25) is 9.78 Å². The number of thioether (sulfide) groups is 1. The average Bonchev–Trinajstić information content (AvgIpc) is 2.94. The molecule has 0 radical (unpaired) electrons. The first kappa shape index (κ1) is 16.0. The molecule has 3 N–H and O–H groups in total. The van der Waals surface area contributed by atoms with Crippen LogP contribution in [0.25, 0.3) is 11.5 Å². The van der Waals surface area contributed by atoms with E-state index in [2.05, 4.69) is 20.5 Å². The van der Waals surface area contributed by atoms with Crippen LogP contribution in [0.4, 0.5) is 5.69 Å². The van der Waals surface area contributed by atoms with Crippen molar-refractivity contribution in [1.82, 2.24) is 19.9 Å². The Labute approximate surface area is 143 Å². The molecule has 0 aliphatic carbocycles. The van der Waals surface area contributed by atoms with E-state index in [0.717, 1.165) is 11.3 Å². The molecule has 0 bridgehead atoms. The summed E-state index contributed by atoms with van der Waals surface area (Å²) >= 11 is 1.22. The van der Waals surface area contributed by atoms with Crippen molar-refractivity contribution in [3.8, 4) is 11.5 Å². The van der Waals surface area contributed by atoms with Gasteiger partial charge in [-0.15, -0.1) is 10.2 Å². The maximum atomic E-state index is 12.0. The number of nitrogens with zero attached hydrogens (tertiary/aromatic N) is 4. The third-order valence-corrected chi connectivity index (χ3v) is 4.14. The predicted molar refractivity (Wildman–Crippen MR) is 93.9 cm³/mol. The van der Waals surface area contributed by atoms with Gasteiger partial charge in [0.25, 0.3) is 0 Å². The minimum Gasteiger partial charge on any atom is -0.335 e. The van der Waals surface area contributed by atoms with Gasteiger partial charge in [0.2, 0.25) is 16.9 Å². The molecule has 1 aromatic carbocycles. The van der Waals surface area contributed by atoms with Crippen molar-refractivity contribution in [2.45, 2.75) is 12.1 Å². The Bertz CT molecular complexity index is 849. The number of aromatic nitrogens is 4. The molecule has 2 aromatic heterocycles. The van der Waals surface area contributed by atoms with E-state index in [4.69, 9.17) is 5.84 Å². The number of carbonyl (C=O) groups is 1. The number of rotatable bonds is 5. The Morgan fingerprint density at radius 3 is 2.88 bits per heavy atom. The van der Waals surface area contributed by atoms with Crippen LogP contribution in [-0.2, 0) is 4.79 Å². The molecule has 0 unspecified atom stereocenters. The van der Waals surface area contributed by atoms with E-state index in [9.17, 15) is 4.79 Å². The zero-order valence-electron chi connectivity index (χ0n) is 13.0. The van der Waals surface area contributed by atoms with E-state index in [1.807, 2.05) is 43.3 Å². The molecule has 3 aromatic rings. The first-order valence-corrected chi connectivity index (χ1v) is 8.23. The number of pyridine rings is 1. The Morgan fingerprint density at radius 1 is 1.25 bits per heavy atom. The predicted octanol–water partition coefficient (Wildman–Crippen LogP) is 2.09. The fourth-order valence-corrected chi connectivity index (χ4v) is 2.75. The van der Waals surface area contributed by atoms with E-state index >= 15 is 0 Å². The number of nitrogens with two attached hydrogens (primary N) is 1. The van der Waals surface area contributed by atoms with Crippen LogP contribution in [0.2, 0.25) is 0 Å². The summed E-state index contributed by atoms with van der Waals surface area (Å²) in [6.45, 7) is 1.97. The maximum Gasteiger partial charge on any atom is 0.234 e. The Hall–Kier alpha value is -2.87. The van der Waals surface area contributed by atoms with Gasteiger partial charge in [0.15, 0.2) is 0 Å². The number of amides is 1. The van der Waals surface area contributed by atoms with Gasteiger partial charge in [-0.25, -0.2) is 4.68 Å². The lowest BCUT2D eigenvalue weighted by Gasteiger charge is -2.06. The average molecular weight is 340 g/mol. The molecule has 8 heteroatoms. The fraction of sp³-hybridized carbons (Fsp3) is 0.125. The third-order valence-electron chi connectivity index (χ3n) is 3.19. The van der Waals surface area contributed by atoms with Gasteiger partial charge in [-0.05, 0) is 36.8 Å². The molecule has 3 rings (SSSR count). The van der Waals surface area contributed by atoms with Gasteiger partial charge in [0.05, 0.1) is 5.75 Å². The summed E-state index contributed by atoms with van der Waals surface area (Å²) in [5.74, 6) is 6.50. The number of benzene rings is 1. The second-order valence-electron chi connectivity index (χ2n) is 5.10. The zero-order valence-corrected chi connectivity index (χ0v) is 13.8. The molecule has 0 fully saturated rings. The molecular weight excluding hydrogens is 324 g/mol. The van der Waals surface area contributed by atoms with Crippen molar-refractivity contribution in [2.75, 3.05) is 16.9 Å². The molecule has 0 aliphatic rings. The SMILES string of the molecule is Cc1cccc(NC(=O)CSc2nnc(-c3ccccn3)n2N)c1. The van der Waals surface area contributed by atoms with Gasteiger partial charge < -0.3 is 11.2 Å². The second-order valence-corrected chi connectivity index (χ2v) is 6.04. The van der Waals surface area contributed by atoms with Crippen LogP contribution in [0.3, 0.4) is 0 Å². The molecule has 122 valence electrons. The lowest BCUT2D eigenvalue weighted by molar-refractivity contribution is -0.113. The van der Waals surface area contributed by atoms with Crippen LogP contribution in [0, 0.1) is 6.92 Å². The highest BCUT2D eigenvalue weighted by Gasteiger charge is 2.14. The third kappa shape index (κ3) is 3.72. The van der Waals surface area contributed by atoms with Crippen LogP contribution >= 0.6 is 11.8 Å². The second kappa shape index (κ2) is 7.14. The van der Waals surface area contributed by atoms with Crippen molar-refractivity contribution >= 4 is 23.4 Å². The number of carbonyl (C=O) groups excluding carboxylic acids is 1. The molecule has 2 heterocycles. The lowest BCUT2D eigenvalue weighted by Crippen LogP contribution is -2.16. The van der Waals surface area contributed by atoms with Crippen molar-refractivity contribution < 1.29 is 4.79 Å². The molecule has 0 aliphatic heterocycles. The van der Waals surface area contributed by atoms with E-state index < -0.39 is 0 Å². The first-order valence-electron chi connectivity index (χ1n) is 7.24. The monoisotopic (exact) mass is 340 g/mol. The van der Waals surface area contributed by atoms with Crippen molar-refractivity contribution in [3.05, 3.63) is 54.2 Å². The van der Waals surface area contributed by atoms with Gasteiger partial charge in [-0.2, -0.15) is 0 Å². The van der Waals surface area contributed by atoms with Gasteiger partial charge in [0, 0.05) is 11.9 Å². The van der Waals surface area contributed by atoms with Crippen molar-refractivity contribution in [2.24, 2.45) is 0 Å². The summed E-state index contributed by atoms with van der Waals surface area (Å²) < 4.78 is 1.34. The van der Waals surface area contributed by atoms with Gasteiger partial charge in [-0.1, -0.05) is 30.0 Å². The smallest absolute Gasteiger partial charge is 0.234 e. The number of hydrogen-bond donors (Lipinski definition) is 2. The van der Waals surface area contributed by atoms with Gasteiger partial charge >= 0.3 is 0 Å². The normalized spacial score (nSPS) is 10.5. The van der Waals surface area contributed by atoms with E-state index in [1.165, 1.54) is 16.4 Å². The summed E-state index contributed by atoms with van der Waals surface area (Å²) in [5.41, 5.74) is 2.48. The highest BCUT2D eigenvalue weighted by Crippen LogP contribution is 2.20. The van der Waals surface area contributed by atoms with Crippen molar-refractivity contribution in [1.29, 1.82) is 0 Å². The number of nitrogens with one attached hydrogen (secondary N) is 1. The highest BCUT2D eigenvalue weighted by molar-refractivity contribution is 7.99. The molecule has 24 heavy (non-hydrogen) atoms. The highest BCUT2D eigenvalue weighted by atomic mass is 32.2. The molecule has 0 saturated heterocycles. The fourth-order valence-electron chi connectivity index (χ4n) is 2.10. The number of hydrogen-bond acceptors (Lipinski definition) is 6. The molecule has 1 amide bonds. The number of aryl methyl sites for hydroxylation is 1. The molecular formula is C16H16N6OS. The Kier molecular flexibility index (Phi) is 4.76. The molecule has 0 spiro atoms. The van der Waals surface area contributed by atoms with Crippen LogP contribution in [0.1, 0.15) is 5.56 Å². The largest absolute Gasteiger partial charge is 0.335 e. The Morgan fingerprint density at radius 2 is 2.12 bits per heavy atom. The topological polar surface area (TPSA) is 98.7 Å². The van der Waals surface area contributed by atoms with Crippen LogP contribution in [-0.4, -0.2) is 31.5 Å². The quantitative estimate of drug-likeness (QED) is 0.545. The zero-order chi connectivity index (χ0) is 16.9. The molecule has 0 saturated carbocycles. The van der Waals surface area contributed by atoms with Crippen LogP contribution < -0.4 is 11.2 Å². The summed E-state index contributed by atoms with van der Waals surface area (Å²) in [4.78, 5) is 16.2. The minimum atomic E-state index is -0.131. The summed E-state index contributed by atoms with van der Waals surface area (Å²) in [6, 6.07) is 13.1. The maximum absolute atomic E-state index is 12.0. The standard InChI is InChI=1S/C16H16N6OS/c1-11-5-4-6-12(9-11)19-14(23)10-24-16-21-20-15(22(16)17)13-7-2-3-8-18-13/h2-9H,10,17H2,1H3,(H,19,23). The lowest BCUT2D eigenvalue weighted by atomic mass is 10.2. The summed E-state index contributed by atoms with van der Waals surface area (Å²) in [7, 11) is 0. The van der Waals surface area contributed by atoms with Crippen LogP contribution in [0.5, 0.6) is 0 Å². The van der Waals surface area contributed by atoms with E-state index in [1.54, 1.807) is 12.3 Å². The summed E-state index contributed by atoms with van der Waals surface area (Å²) in [6.07, 6.45) is 1.66. The molecule has 0 atom stereocenters. The number of nitrogen functional groups attached to an aromatic ring is 1. The number of anilines is 1. The minimum absolute atomic E-state index is 0.131. The van der Waals surface area contributed by atoms with E-state index in [-0.39, 0.29) is 11.7 Å². The first-order chi connectivity index (χ1) is 11.6. The van der Waals surface area contributed by atoms with Crippen molar-refractivity contribution in [3.63, 3.8) is 0 Å². The van der Waals surface area contributed by atoms with Crippen LogP contribution in [0.15, 0.2) is 53.8 Å². The summed E-state index contributed by atoms with van der Waals surface area (Å²) in [5, 5.41) is 11.3. The molecule has 7 nitrogen and oxygen atoms in total.